The molecule has 0 amide bonds. The van der Waals surface area contributed by atoms with Gasteiger partial charge in [0.1, 0.15) is 9.84 Å². The first kappa shape index (κ1) is 15.8. The standard InChI is InChI=1S/C10H22O5S/c1-14-7-8-15-6-5-10(11)4-3-9-16(2,12)13/h10-11H,3-9H2,1-2H3. The van der Waals surface area contributed by atoms with Crippen LogP contribution in [-0.2, 0) is 19.3 Å². The predicted molar refractivity (Wildman–Crippen MR) is 62.3 cm³/mol. The van der Waals surface area contributed by atoms with Crippen molar-refractivity contribution < 1.29 is 23.0 Å². The molecule has 0 saturated heterocycles. The summed E-state index contributed by atoms with van der Waals surface area (Å²) < 4.78 is 31.6. The number of ether oxygens (including phenoxy) is 2. The summed E-state index contributed by atoms with van der Waals surface area (Å²) in [5.74, 6) is 0.134. The average Bonchev–Trinajstić information content (AvgIpc) is 2.15. The Morgan fingerprint density at radius 1 is 1.19 bits per heavy atom. The van der Waals surface area contributed by atoms with E-state index in [0.29, 0.717) is 39.1 Å². The minimum absolute atomic E-state index is 0.134. The first-order chi connectivity index (χ1) is 7.45. The molecule has 0 spiro atoms. The van der Waals surface area contributed by atoms with Gasteiger partial charge in [0.2, 0.25) is 0 Å². The molecule has 0 aromatic heterocycles. The summed E-state index contributed by atoms with van der Waals surface area (Å²) in [4.78, 5) is 0. The van der Waals surface area contributed by atoms with Gasteiger partial charge in [-0.1, -0.05) is 0 Å². The van der Waals surface area contributed by atoms with Crippen LogP contribution in [-0.4, -0.2) is 58.6 Å². The second-order valence-electron chi connectivity index (χ2n) is 3.82. The van der Waals surface area contributed by atoms with Crippen LogP contribution in [0.5, 0.6) is 0 Å². The highest BCUT2D eigenvalue weighted by Gasteiger charge is 2.07. The van der Waals surface area contributed by atoms with E-state index in [9.17, 15) is 13.5 Å². The lowest BCUT2D eigenvalue weighted by atomic mass is 10.1. The third-order valence-electron chi connectivity index (χ3n) is 2.08. The van der Waals surface area contributed by atoms with Gasteiger partial charge in [-0.2, -0.15) is 0 Å². The fraction of sp³-hybridized carbons (Fsp3) is 1.00. The molecule has 0 fully saturated rings. The third-order valence-corrected chi connectivity index (χ3v) is 3.11. The number of hydrogen-bond acceptors (Lipinski definition) is 5. The quantitative estimate of drug-likeness (QED) is 0.565. The lowest BCUT2D eigenvalue weighted by molar-refractivity contribution is 0.0459. The lowest BCUT2D eigenvalue weighted by Crippen LogP contribution is -2.14. The second-order valence-corrected chi connectivity index (χ2v) is 6.08. The molecule has 0 aliphatic heterocycles. The van der Waals surface area contributed by atoms with Crippen molar-refractivity contribution >= 4 is 9.84 Å². The van der Waals surface area contributed by atoms with Crippen LogP contribution in [0, 0.1) is 0 Å². The summed E-state index contributed by atoms with van der Waals surface area (Å²) in [6.45, 7) is 1.54. The molecule has 0 aliphatic carbocycles. The van der Waals surface area contributed by atoms with E-state index >= 15 is 0 Å². The average molecular weight is 254 g/mol. The zero-order valence-corrected chi connectivity index (χ0v) is 10.8. The molecule has 0 aromatic carbocycles. The molecule has 5 nitrogen and oxygen atoms in total. The molecule has 0 saturated carbocycles. The monoisotopic (exact) mass is 254 g/mol. The molecular formula is C10H22O5S. The van der Waals surface area contributed by atoms with Crippen LogP contribution >= 0.6 is 0 Å². The van der Waals surface area contributed by atoms with Crippen LogP contribution in [0.15, 0.2) is 0 Å². The normalized spacial score (nSPS) is 13.9. The van der Waals surface area contributed by atoms with Gasteiger partial charge in [-0.05, 0) is 19.3 Å². The zero-order valence-electron chi connectivity index (χ0n) is 10.0. The number of aliphatic hydroxyl groups is 1. The van der Waals surface area contributed by atoms with Crippen LogP contribution < -0.4 is 0 Å². The summed E-state index contributed by atoms with van der Waals surface area (Å²) in [6.07, 6.45) is 2.25. The lowest BCUT2D eigenvalue weighted by Gasteiger charge is -2.10. The maximum absolute atomic E-state index is 10.8. The van der Waals surface area contributed by atoms with E-state index in [1.54, 1.807) is 7.11 Å². The Hall–Kier alpha value is -0.170. The van der Waals surface area contributed by atoms with Crippen LogP contribution in [0.2, 0.25) is 0 Å². The molecule has 0 bridgehead atoms. The van der Waals surface area contributed by atoms with E-state index in [1.807, 2.05) is 0 Å². The molecular weight excluding hydrogens is 232 g/mol. The molecule has 0 aromatic rings. The van der Waals surface area contributed by atoms with Gasteiger partial charge in [0, 0.05) is 25.7 Å². The summed E-state index contributed by atoms with van der Waals surface area (Å²) in [5.41, 5.74) is 0. The van der Waals surface area contributed by atoms with Crippen molar-refractivity contribution in [2.45, 2.75) is 25.4 Å². The van der Waals surface area contributed by atoms with Gasteiger partial charge in [0.05, 0.1) is 19.3 Å². The van der Waals surface area contributed by atoms with E-state index in [0.717, 1.165) is 0 Å². The maximum atomic E-state index is 10.8. The Labute approximate surface area is 97.7 Å². The highest BCUT2D eigenvalue weighted by atomic mass is 32.2. The summed E-state index contributed by atoms with van der Waals surface area (Å²) in [7, 11) is -1.31. The Bertz CT molecular complexity index is 250. The van der Waals surface area contributed by atoms with Gasteiger partial charge in [-0.15, -0.1) is 0 Å². The molecule has 0 heterocycles. The molecule has 1 N–H and O–H groups in total. The molecule has 0 radical (unpaired) electrons. The van der Waals surface area contributed by atoms with Crippen molar-refractivity contribution in [1.29, 1.82) is 0 Å². The van der Waals surface area contributed by atoms with E-state index in [1.165, 1.54) is 6.26 Å². The number of hydrogen-bond donors (Lipinski definition) is 1. The fourth-order valence-corrected chi connectivity index (χ4v) is 1.88. The number of rotatable bonds is 10. The maximum Gasteiger partial charge on any atom is 0.147 e. The summed E-state index contributed by atoms with van der Waals surface area (Å²) in [5, 5.41) is 9.50. The third kappa shape index (κ3) is 11.9. The molecule has 1 atom stereocenters. The van der Waals surface area contributed by atoms with E-state index in [-0.39, 0.29) is 5.75 Å². The van der Waals surface area contributed by atoms with Crippen molar-refractivity contribution in [2.75, 3.05) is 38.9 Å². The van der Waals surface area contributed by atoms with Gasteiger partial charge < -0.3 is 14.6 Å². The summed E-state index contributed by atoms with van der Waals surface area (Å²) >= 11 is 0. The Morgan fingerprint density at radius 2 is 1.88 bits per heavy atom. The van der Waals surface area contributed by atoms with Gasteiger partial charge in [0.15, 0.2) is 0 Å². The van der Waals surface area contributed by atoms with Crippen molar-refractivity contribution in [3.8, 4) is 0 Å². The van der Waals surface area contributed by atoms with Crippen LogP contribution in [0.4, 0.5) is 0 Å². The Balaban J connectivity index is 3.34. The van der Waals surface area contributed by atoms with Crippen LogP contribution in [0.25, 0.3) is 0 Å². The van der Waals surface area contributed by atoms with Gasteiger partial charge in [0.25, 0.3) is 0 Å². The largest absolute Gasteiger partial charge is 0.393 e. The SMILES string of the molecule is COCCOCCC(O)CCCS(C)(=O)=O. The molecule has 0 rings (SSSR count). The van der Waals surface area contributed by atoms with Crippen LogP contribution in [0.3, 0.4) is 0 Å². The number of sulfone groups is 1. The summed E-state index contributed by atoms with van der Waals surface area (Å²) in [6, 6.07) is 0. The minimum atomic E-state index is -2.91. The molecule has 0 aliphatic rings. The number of aliphatic hydroxyl groups excluding tert-OH is 1. The molecule has 1 unspecified atom stereocenters. The van der Waals surface area contributed by atoms with E-state index < -0.39 is 15.9 Å². The van der Waals surface area contributed by atoms with E-state index in [2.05, 4.69) is 0 Å². The Morgan fingerprint density at radius 3 is 2.44 bits per heavy atom. The topological polar surface area (TPSA) is 72.8 Å². The van der Waals surface area contributed by atoms with Crippen molar-refractivity contribution in [2.24, 2.45) is 0 Å². The second kappa shape index (κ2) is 8.92. The number of methoxy groups -OCH3 is 1. The smallest absolute Gasteiger partial charge is 0.147 e. The zero-order chi connectivity index (χ0) is 12.4. The Kier molecular flexibility index (Phi) is 8.83. The first-order valence-corrected chi connectivity index (χ1v) is 7.44. The van der Waals surface area contributed by atoms with E-state index in [4.69, 9.17) is 9.47 Å². The van der Waals surface area contributed by atoms with Crippen molar-refractivity contribution in [3.05, 3.63) is 0 Å². The molecule has 98 valence electrons. The fourth-order valence-electron chi connectivity index (χ4n) is 1.19. The van der Waals surface area contributed by atoms with Gasteiger partial charge >= 0.3 is 0 Å². The van der Waals surface area contributed by atoms with Gasteiger partial charge in [-0.25, -0.2) is 8.42 Å². The highest BCUT2D eigenvalue weighted by Crippen LogP contribution is 2.03. The molecule has 6 heteroatoms. The van der Waals surface area contributed by atoms with Gasteiger partial charge in [-0.3, -0.25) is 0 Å². The predicted octanol–water partition coefficient (Wildman–Crippen LogP) is 0.225. The molecule has 16 heavy (non-hydrogen) atoms. The minimum Gasteiger partial charge on any atom is -0.393 e. The first-order valence-electron chi connectivity index (χ1n) is 5.38. The van der Waals surface area contributed by atoms with Crippen molar-refractivity contribution in [1.82, 2.24) is 0 Å². The van der Waals surface area contributed by atoms with Crippen LogP contribution in [0.1, 0.15) is 19.3 Å². The van der Waals surface area contributed by atoms with Crippen molar-refractivity contribution in [3.63, 3.8) is 0 Å². The highest BCUT2D eigenvalue weighted by molar-refractivity contribution is 7.90.